The van der Waals surface area contributed by atoms with Gasteiger partial charge in [0.1, 0.15) is 17.9 Å². The van der Waals surface area contributed by atoms with Crippen molar-refractivity contribution in [3.8, 4) is 11.5 Å². The molecule has 1 aromatic carbocycles. The van der Waals surface area contributed by atoms with Crippen LogP contribution in [0.4, 0.5) is 15.0 Å². The lowest BCUT2D eigenvalue weighted by atomic mass is 9.95. The Morgan fingerprint density at radius 2 is 1.97 bits per heavy atom. The predicted molar refractivity (Wildman–Crippen MR) is 105 cm³/mol. The number of amides is 2. The van der Waals surface area contributed by atoms with Crippen LogP contribution in [0.2, 0.25) is 0 Å². The van der Waals surface area contributed by atoms with Crippen LogP contribution in [0.15, 0.2) is 24.5 Å². The van der Waals surface area contributed by atoms with Gasteiger partial charge in [-0.25, -0.2) is 9.18 Å². The zero-order valence-electron chi connectivity index (χ0n) is 16.7. The number of pyridine rings is 1. The number of carbonyl (C=O) groups excluding carboxylic acids is 1. The number of rotatable bonds is 1. The second-order valence-corrected chi connectivity index (χ2v) is 7.60. The average molecular weight is 427 g/mol. The fraction of sp³-hybridized carbons (Fsp3) is 0.300. The van der Waals surface area contributed by atoms with Gasteiger partial charge in [-0.1, -0.05) is 0 Å². The quantitative estimate of drug-likeness (QED) is 0.634. The average Bonchev–Trinajstić information content (AvgIpc) is 3.38. The smallest absolute Gasteiger partial charge is 0.413 e. The third kappa shape index (κ3) is 2.84. The van der Waals surface area contributed by atoms with Crippen molar-refractivity contribution in [3.05, 3.63) is 47.0 Å². The molecule has 3 aromatic rings. The zero-order valence-corrected chi connectivity index (χ0v) is 16.7. The molecule has 0 aliphatic carbocycles. The third-order valence-corrected chi connectivity index (χ3v) is 5.50. The summed E-state index contributed by atoms with van der Waals surface area (Å²) in [5.74, 6) is -0.385. The van der Waals surface area contributed by atoms with Gasteiger partial charge in [0.2, 0.25) is 0 Å². The highest BCUT2D eigenvalue weighted by molar-refractivity contribution is 6.01. The van der Waals surface area contributed by atoms with Gasteiger partial charge in [0.15, 0.2) is 17.2 Å². The molecule has 31 heavy (non-hydrogen) atoms. The number of fused-ring (bicyclic) bond motifs is 3. The summed E-state index contributed by atoms with van der Waals surface area (Å²) in [6, 6.07) is 4.26. The van der Waals surface area contributed by atoms with E-state index in [0.717, 1.165) is 4.90 Å². The van der Waals surface area contributed by atoms with E-state index in [-0.39, 0.29) is 59.9 Å². The molecule has 5 rings (SSSR count). The van der Waals surface area contributed by atoms with Crippen molar-refractivity contribution < 1.29 is 28.6 Å². The molecule has 0 saturated heterocycles. The van der Waals surface area contributed by atoms with E-state index in [1.54, 1.807) is 14.1 Å². The Bertz CT molecular complexity index is 1240. The second-order valence-electron chi connectivity index (χ2n) is 7.60. The lowest BCUT2D eigenvalue weighted by molar-refractivity contribution is 0.0828. The monoisotopic (exact) mass is 427 g/mol. The number of hydrogen-bond donors (Lipinski definition) is 1. The maximum Gasteiger partial charge on any atom is 0.413 e. The highest BCUT2D eigenvalue weighted by Gasteiger charge is 2.35. The Morgan fingerprint density at radius 1 is 1.23 bits per heavy atom. The molecule has 1 N–H and O–H groups in total. The summed E-state index contributed by atoms with van der Waals surface area (Å²) < 4.78 is 27.9. The topological polar surface area (TPSA) is 110 Å². The van der Waals surface area contributed by atoms with Crippen LogP contribution in [-0.2, 0) is 6.54 Å². The van der Waals surface area contributed by atoms with Gasteiger partial charge in [0.05, 0.1) is 31.2 Å². The van der Waals surface area contributed by atoms with Gasteiger partial charge in [0.25, 0.3) is 5.91 Å². The number of nitrogens with zero attached hydrogens (tertiary/aromatic N) is 5. The maximum atomic E-state index is 14.8. The maximum absolute atomic E-state index is 14.8. The van der Waals surface area contributed by atoms with Gasteiger partial charge in [-0.3, -0.25) is 14.1 Å². The molecule has 11 heteroatoms. The number of carbonyl (C=O) groups is 2. The van der Waals surface area contributed by atoms with Crippen molar-refractivity contribution in [2.45, 2.75) is 12.5 Å². The molecular formula is C20H18FN5O5. The van der Waals surface area contributed by atoms with Crippen molar-refractivity contribution in [1.29, 1.82) is 0 Å². The first kappa shape index (κ1) is 19.1. The molecule has 10 nitrogen and oxygen atoms in total. The van der Waals surface area contributed by atoms with E-state index in [9.17, 15) is 19.1 Å². The normalized spacial score (nSPS) is 17.0. The van der Waals surface area contributed by atoms with Gasteiger partial charge >= 0.3 is 6.09 Å². The Labute approximate surface area is 175 Å². The molecule has 160 valence electrons. The van der Waals surface area contributed by atoms with Crippen LogP contribution in [0.3, 0.4) is 0 Å². The summed E-state index contributed by atoms with van der Waals surface area (Å²) >= 11 is 0. The highest BCUT2D eigenvalue weighted by atomic mass is 19.1. The van der Waals surface area contributed by atoms with Crippen LogP contribution in [0.25, 0.3) is 5.65 Å². The van der Waals surface area contributed by atoms with E-state index in [2.05, 4.69) is 10.2 Å². The first-order valence-corrected chi connectivity index (χ1v) is 9.52. The van der Waals surface area contributed by atoms with E-state index in [0.29, 0.717) is 11.3 Å². The highest BCUT2D eigenvalue weighted by Crippen LogP contribution is 2.42. The number of hydrogen-bond acceptors (Lipinski definition) is 6. The number of halogens is 1. The van der Waals surface area contributed by atoms with Crippen LogP contribution < -0.4 is 14.4 Å². The Kier molecular flexibility index (Phi) is 4.20. The summed E-state index contributed by atoms with van der Waals surface area (Å²) in [7, 11) is 3.19. The molecule has 4 heterocycles. The van der Waals surface area contributed by atoms with Gasteiger partial charge < -0.3 is 19.5 Å². The minimum atomic E-state index is -1.32. The summed E-state index contributed by atoms with van der Waals surface area (Å²) in [5.41, 5.74) is 1.21. The van der Waals surface area contributed by atoms with E-state index >= 15 is 0 Å². The molecule has 0 fully saturated rings. The Hall–Kier alpha value is -3.89. The lowest BCUT2D eigenvalue weighted by Gasteiger charge is -2.24. The van der Waals surface area contributed by atoms with E-state index in [1.165, 1.54) is 33.8 Å². The molecule has 0 spiro atoms. The summed E-state index contributed by atoms with van der Waals surface area (Å²) in [4.78, 5) is 27.3. The van der Waals surface area contributed by atoms with Gasteiger partial charge in [-0.15, -0.1) is 10.2 Å². The van der Waals surface area contributed by atoms with Gasteiger partial charge in [-0.2, -0.15) is 0 Å². The first-order valence-electron chi connectivity index (χ1n) is 9.52. The lowest BCUT2D eigenvalue weighted by Crippen LogP contribution is -2.32. The number of aromatic nitrogens is 3. The summed E-state index contributed by atoms with van der Waals surface area (Å²) in [6.45, 7) is 0.133. The van der Waals surface area contributed by atoms with Crippen LogP contribution >= 0.6 is 0 Å². The Morgan fingerprint density at radius 3 is 2.68 bits per heavy atom. The SMILES string of the molecule is CN(C)C(=O)c1cc2c(n3cnnc13)N(C(=O)O)Cc1c(F)ccc3c1[C@@H](CO3)CO2. The van der Waals surface area contributed by atoms with Crippen molar-refractivity contribution in [1.82, 2.24) is 19.5 Å². The Balaban J connectivity index is 1.77. The zero-order chi connectivity index (χ0) is 21.9. The summed E-state index contributed by atoms with van der Waals surface area (Å²) in [6.07, 6.45) is -0.0151. The first-order chi connectivity index (χ1) is 14.9. The van der Waals surface area contributed by atoms with Gasteiger partial charge in [0, 0.05) is 31.3 Å². The van der Waals surface area contributed by atoms with Crippen LogP contribution in [0.1, 0.15) is 27.4 Å². The van der Waals surface area contributed by atoms with Gasteiger partial charge in [-0.05, 0) is 12.1 Å². The van der Waals surface area contributed by atoms with Crippen LogP contribution in [0.5, 0.6) is 11.5 Å². The fourth-order valence-corrected chi connectivity index (χ4v) is 4.06. The number of benzene rings is 1. The molecule has 0 unspecified atom stereocenters. The molecule has 2 aliphatic rings. The van der Waals surface area contributed by atoms with E-state index < -0.39 is 11.9 Å². The molecule has 0 saturated carbocycles. The fourth-order valence-electron chi connectivity index (χ4n) is 4.06. The molecule has 0 bridgehead atoms. The molecule has 2 aliphatic heterocycles. The number of anilines is 1. The largest absolute Gasteiger partial charge is 0.493 e. The third-order valence-electron chi connectivity index (χ3n) is 5.50. The number of ether oxygens (including phenoxy) is 2. The molecule has 2 aromatic heterocycles. The van der Waals surface area contributed by atoms with Crippen LogP contribution in [-0.4, -0.2) is 63.9 Å². The van der Waals surface area contributed by atoms with Crippen LogP contribution in [0, 0.1) is 5.82 Å². The molecule has 2 amide bonds. The van der Waals surface area contributed by atoms with E-state index in [4.69, 9.17) is 9.47 Å². The minimum Gasteiger partial charge on any atom is -0.493 e. The van der Waals surface area contributed by atoms with Crippen molar-refractivity contribution in [3.63, 3.8) is 0 Å². The molecule has 1 atom stereocenters. The van der Waals surface area contributed by atoms with Crippen molar-refractivity contribution in [2.75, 3.05) is 32.2 Å². The van der Waals surface area contributed by atoms with Crippen molar-refractivity contribution in [2.24, 2.45) is 0 Å². The summed E-state index contributed by atoms with van der Waals surface area (Å²) in [5, 5.41) is 17.9. The van der Waals surface area contributed by atoms with E-state index in [1.807, 2.05) is 0 Å². The number of carboxylic acid groups (broad SMARTS) is 1. The minimum absolute atomic E-state index is 0.0979. The van der Waals surface area contributed by atoms with Crippen molar-refractivity contribution >= 4 is 23.5 Å². The molecule has 0 radical (unpaired) electrons. The molecular weight excluding hydrogens is 409 g/mol. The predicted octanol–water partition coefficient (Wildman–Crippen LogP) is 2.12. The second kappa shape index (κ2) is 6.83. The standard InChI is InChI=1S/C20H18FN5O5/c1-24(2)19(27)11-5-15-18(26-9-22-23-17(11)26)25(20(28)29)6-12-13(21)3-4-14-16(12)10(7-30-14)8-31-15/h3-5,9-10H,6-8H2,1-2H3,(H,28,29)/t10-/m0/s1.